The van der Waals surface area contributed by atoms with Gasteiger partial charge in [0.25, 0.3) is 5.91 Å². The van der Waals surface area contributed by atoms with Gasteiger partial charge in [0.15, 0.2) is 6.61 Å². The van der Waals surface area contributed by atoms with Crippen molar-refractivity contribution in [2.45, 2.75) is 13.5 Å². The second-order valence-corrected chi connectivity index (χ2v) is 6.09. The predicted molar refractivity (Wildman–Crippen MR) is 91.0 cm³/mol. The summed E-state index contributed by atoms with van der Waals surface area (Å²) in [7, 11) is 0. The van der Waals surface area contributed by atoms with Crippen LogP contribution in [-0.2, 0) is 11.3 Å². The summed E-state index contributed by atoms with van der Waals surface area (Å²) in [5.41, 5.74) is 1.00. The first-order valence-electron chi connectivity index (χ1n) is 7.25. The summed E-state index contributed by atoms with van der Waals surface area (Å²) in [5, 5.41) is 9.10. The molecular formula is C17H17N3O2S. The van der Waals surface area contributed by atoms with E-state index in [0.29, 0.717) is 12.4 Å². The van der Waals surface area contributed by atoms with E-state index in [-0.39, 0.29) is 12.5 Å². The number of thiophene rings is 1. The van der Waals surface area contributed by atoms with Crippen LogP contribution in [-0.4, -0.2) is 22.3 Å². The van der Waals surface area contributed by atoms with Gasteiger partial charge in [-0.05, 0) is 30.0 Å². The molecule has 1 N–H and O–H groups in total. The largest absolute Gasteiger partial charge is 0.483 e. The van der Waals surface area contributed by atoms with Gasteiger partial charge in [-0.25, -0.2) is 4.68 Å². The quantitative estimate of drug-likeness (QED) is 0.755. The molecule has 0 unspecified atom stereocenters. The maximum Gasteiger partial charge on any atom is 0.263 e. The summed E-state index contributed by atoms with van der Waals surface area (Å²) < 4.78 is 7.31. The van der Waals surface area contributed by atoms with Gasteiger partial charge in [0.05, 0.1) is 12.7 Å². The number of aromatic nitrogens is 2. The smallest absolute Gasteiger partial charge is 0.263 e. The van der Waals surface area contributed by atoms with E-state index in [1.165, 1.54) is 4.88 Å². The highest BCUT2D eigenvalue weighted by atomic mass is 32.1. The van der Waals surface area contributed by atoms with Crippen LogP contribution in [0, 0.1) is 6.92 Å². The molecule has 23 heavy (non-hydrogen) atoms. The lowest BCUT2D eigenvalue weighted by molar-refractivity contribution is -0.118. The van der Waals surface area contributed by atoms with Crippen molar-refractivity contribution in [3.63, 3.8) is 0 Å². The molecule has 0 saturated carbocycles. The van der Waals surface area contributed by atoms with Crippen molar-refractivity contribution >= 4 is 23.1 Å². The molecule has 0 spiro atoms. The number of nitrogens with one attached hydrogen (secondary N) is 1. The van der Waals surface area contributed by atoms with Crippen LogP contribution in [0.5, 0.6) is 5.75 Å². The predicted octanol–water partition coefficient (Wildman–Crippen LogP) is 3.32. The molecule has 6 heteroatoms. The van der Waals surface area contributed by atoms with Gasteiger partial charge < -0.3 is 10.1 Å². The van der Waals surface area contributed by atoms with Gasteiger partial charge >= 0.3 is 0 Å². The Morgan fingerprint density at radius 2 is 2.13 bits per heavy atom. The summed E-state index contributed by atoms with van der Waals surface area (Å²) in [6.45, 7) is 2.55. The number of benzene rings is 1. The van der Waals surface area contributed by atoms with Crippen LogP contribution in [0.1, 0.15) is 10.4 Å². The molecule has 0 aliphatic heterocycles. The Bertz CT molecular complexity index is 781. The molecule has 0 fully saturated rings. The third-order valence-corrected chi connectivity index (χ3v) is 4.18. The highest BCUT2D eigenvalue weighted by Gasteiger charge is 2.09. The lowest BCUT2D eigenvalue weighted by atomic mass is 10.2. The molecule has 5 nitrogen and oxygen atoms in total. The van der Waals surface area contributed by atoms with Crippen molar-refractivity contribution in [3.8, 4) is 5.75 Å². The molecule has 0 atom stereocenters. The van der Waals surface area contributed by atoms with Crippen LogP contribution in [0.2, 0.25) is 0 Å². The van der Waals surface area contributed by atoms with Crippen LogP contribution >= 0.6 is 11.3 Å². The minimum absolute atomic E-state index is 0.0327. The maximum atomic E-state index is 12.1. The zero-order chi connectivity index (χ0) is 16.1. The standard InChI is InChI=1S/C17H17N3O2S/c1-13-5-2-3-7-15(13)22-12-17(21)19-16-8-9-18-20(16)11-14-6-4-10-23-14/h2-10H,11-12H2,1H3,(H,19,21). The van der Waals surface area contributed by atoms with Gasteiger partial charge in [-0.3, -0.25) is 4.79 Å². The first-order chi connectivity index (χ1) is 11.2. The fraction of sp³-hybridized carbons (Fsp3) is 0.176. The van der Waals surface area contributed by atoms with E-state index in [1.807, 2.05) is 48.7 Å². The molecule has 0 aliphatic rings. The molecule has 0 saturated heterocycles. The second kappa shape index (κ2) is 7.11. The first-order valence-corrected chi connectivity index (χ1v) is 8.13. The highest BCUT2D eigenvalue weighted by Crippen LogP contribution is 2.17. The molecular weight excluding hydrogens is 310 g/mol. The normalized spacial score (nSPS) is 10.5. The number of anilines is 1. The Kier molecular flexibility index (Phi) is 4.73. The number of carbonyl (C=O) groups is 1. The molecule has 3 aromatic rings. The van der Waals surface area contributed by atoms with Crippen LogP contribution in [0.25, 0.3) is 0 Å². The molecule has 0 radical (unpaired) electrons. The Morgan fingerprint density at radius 1 is 1.26 bits per heavy atom. The Labute approximate surface area is 138 Å². The molecule has 0 bridgehead atoms. The van der Waals surface area contributed by atoms with Gasteiger partial charge in [-0.1, -0.05) is 24.3 Å². The molecule has 118 valence electrons. The van der Waals surface area contributed by atoms with Crippen LogP contribution < -0.4 is 10.1 Å². The van der Waals surface area contributed by atoms with E-state index in [1.54, 1.807) is 28.3 Å². The lowest BCUT2D eigenvalue weighted by Crippen LogP contribution is -2.22. The van der Waals surface area contributed by atoms with E-state index >= 15 is 0 Å². The van der Waals surface area contributed by atoms with Gasteiger partial charge in [0, 0.05) is 10.9 Å². The zero-order valence-corrected chi connectivity index (χ0v) is 13.5. The molecule has 2 heterocycles. The summed E-state index contributed by atoms with van der Waals surface area (Å²) in [5.74, 6) is 1.17. The van der Waals surface area contributed by atoms with Crippen LogP contribution in [0.4, 0.5) is 5.82 Å². The zero-order valence-electron chi connectivity index (χ0n) is 12.7. The average molecular weight is 327 g/mol. The lowest BCUT2D eigenvalue weighted by Gasteiger charge is -2.10. The minimum Gasteiger partial charge on any atom is -0.483 e. The Morgan fingerprint density at radius 3 is 2.91 bits per heavy atom. The molecule has 2 aromatic heterocycles. The van der Waals surface area contributed by atoms with Crippen molar-refractivity contribution in [3.05, 3.63) is 64.5 Å². The van der Waals surface area contributed by atoms with Crippen LogP contribution in [0.15, 0.2) is 54.0 Å². The maximum absolute atomic E-state index is 12.1. The number of amides is 1. The fourth-order valence-electron chi connectivity index (χ4n) is 2.16. The molecule has 3 rings (SSSR count). The summed E-state index contributed by atoms with van der Waals surface area (Å²) >= 11 is 1.66. The van der Waals surface area contributed by atoms with E-state index in [0.717, 1.165) is 11.3 Å². The van der Waals surface area contributed by atoms with Gasteiger partial charge in [-0.15, -0.1) is 11.3 Å². The number of rotatable bonds is 6. The Balaban J connectivity index is 1.58. The second-order valence-electron chi connectivity index (χ2n) is 5.06. The summed E-state index contributed by atoms with van der Waals surface area (Å²) in [6.07, 6.45) is 1.67. The van der Waals surface area contributed by atoms with Gasteiger partial charge in [-0.2, -0.15) is 5.10 Å². The van der Waals surface area contributed by atoms with E-state index in [2.05, 4.69) is 10.4 Å². The molecule has 1 aromatic carbocycles. The van der Waals surface area contributed by atoms with Crippen molar-refractivity contribution in [1.82, 2.24) is 9.78 Å². The van der Waals surface area contributed by atoms with Crippen molar-refractivity contribution in [1.29, 1.82) is 0 Å². The van der Waals surface area contributed by atoms with E-state index in [9.17, 15) is 4.79 Å². The third kappa shape index (κ3) is 3.98. The third-order valence-electron chi connectivity index (χ3n) is 3.32. The SMILES string of the molecule is Cc1ccccc1OCC(=O)Nc1ccnn1Cc1cccs1. The summed E-state index contributed by atoms with van der Waals surface area (Å²) in [6, 6.07) is 13.4. The number of nitrogens with zero attached hydrogens (tertiary/aromatic N) is 2. The number of aryl methyl sites for hydroxylation is 1. The minimum atomic E-state index is -0.207. The monoisotopic (exact) mass is 327 g/mol. The number of hydrogen-bond donors (Lipinski definition) is 1. The first kappa shape index (κ1) is 15.3. The fourth-order valence-corrected chi connectivity index (χ4v) is 2.84. The van der Waals surface area contributed by atoms with E-state index < -0.39 is 0 Å². The average Bonchev–Trinajstić information content (AvgIpc) is 3.20. The highest BCUT2D eigenvalue weighted by molar-refractivity contribution is 7.09. The molecule has 1 amide bonds. The van der Waals surface area contributed by atoms with Gasteiger partial charge in [0.1, 0.15) is 11.6 Å². The van der Waals surface area contributed by atoms with Crippen molar-refractivity contribution < 1.29 is 9.53 Å². The molecule has 0 aliphatic carbocycles. The number of carbonyl (C=O) groups excluding carboxylic acids is 1. The van der Waals surface area contributed by atoms with E-state index in [4.69, 9.17) is 4.74 Å². The Hall–Kier alpha value is -2.60. The van der Waals surface area contributed by atoms with Crippen molar-refractivity contribution in [2.24, 2.45) is 0 Å². The number of para-hydroxylation sites is 1. The van der Waals surface area contributed by atoms with Crippen molar-refractivity contribution in [2.75, 3.05) is 11.9 Å². The topological polar surface area (TPSA) is 56.1 Å². The number of ether oxygens (including phenoxy) is 1. The van der Waals surface area contributed by atoms with Crippen LogP contribution in [0.3, 0.4) is 0 Å². The number of hydrogen-bond acceptors (Lipinski definition) is 4. The summed E-state index contributed by atoms with van der Waals surface area (Å²) in [4.78, 5) is 13.3. The van der Waals surface area contributed by atoms with Gasteiger partial charge in [0.2, 0.25) is 0 Å².